The van der Waals surface area contributed by atoms with Gasteiger partial charge >= 0.3 is 0 Å². The van der Waals surface area contributed by atoms with Crippen LogP contribution in [0, 0.1) is 5.82 Å². The summed E-state index contributed by atoms with van der Waals surface area (Å²) in [6.07, 6.45) is 1.66. The van der Waals surface area contributed by atoms with Gasteiger partial charge in [0.05, 0.1) is 4.83 Å². The molecule has 1 heterocycles. The Labute approximate surface area is 103 Å². The molecule has 0 unspecified atom stereocenters. The number of halogens is 2. The van der Waals surface area contributed by atoms with Crippen LogP contribution in [0.15, 0.2) is 24.3 Å². The molecule has 86 valence electrons. The summed E-state index contributed by atoms with van der Waals surface area (Å²) < 4.78 is 12.7. The van der Waals surface area contributed by atoms with Gasteiger partial charge in [-0.05, 0) is 30.5 Å². The van der Waals surface area contributed by atoms with E-state index in [4.69, 9.17) is 0 Å². The minimum absolute atomic E-state index is 0.0132. The first-order chi connectivity index (χ1) is 7.66. The van der Waals surface area contributed by atoms with Gasteiger partial charge < -0.3 is 4.90 Å². The predicted octanol–water partition coefficient (Wildman–Crippen LogP) is 2.36. The number of hydrogen-bond acceptors (Lipinski definition) is 1. The number of carbonyl (C=O) groups excluding carboxylic acids is 1. The van der Waals surface area contributed by atoms with Crippen molar-refractivity contribution >= 4 is 21.8 Å². The molecule has 2 nitrogen and oxygen atoms in total. The quantitative estimate of drug-likeness (QED) is 0.781. The van der Waals surface area contributed by atoms with Gasteiger partial charge in [-0.2, -0.15) is 0 Å². The van der Waals surface area contributed by atoms with Crippen molar-refractivity contribution in [3.8, 4) is 0 Å². The Bertz CT molecular complexity index is 379. The lowest BCUT2D eigenvalue weighted by Gasteiger charge is -2.15. The number of hydrogen-bond donors (Lipinski definition) is 0. The van der Waals surface area contributed by atoms with E-state index in [9.17, 15) is 9.18 Å². The molecule has 1 atom stereocenters. The largest absolute Gasteiger partial charge is 0.341 e. The van der Waals surface area contributed by atoms with Crippen molar-refractivity contribution in [2.45, 2.75) is 17.7 Å². The molecule has 0 aromatic heterocycles. The van der Waals surface area contributed by atoms with Crippen molar-refractivity contribution in [1.29, 1.82) is 0 Å². The molecule has 0 bridgehead atoms. The van der Waals surface area contributed by atoms with Gasteiger partial charge in [0.2, 0.25) is 5.91 Å². The number of rotatable bonds is 3. The van der Waals surface area contributed by atoms with Gasteiger partial charge in [0, 0.05) is 13.1 Å². The van der Waals surface area contributed by atoms with E-state index in [-0.39, 0.29) is 16.6 Å². The van der Waals surface area contributed by atoms with Crippen LogP contribution in [0.1, 0.15) is 12.0 Å². The van der Waals surface area contributed by atoms with Gasteiger partial charge in [0.1, 0.15) is 5.82 Å². The molecule has 0 spiro atoms. The second kappa shape index (κ2) is 4.95. The van der Waals surface area contributed by atoms with E-state index < -0.39 is 0 Å². The van der Waals surface area contributed by atoms with Gasteiger partial charge in [-0.25, -0.2) is 4.39 Å². The van der Waals surface area contributed by atoms with Gasteiger partial charge in [-0.3, -0.25) is 4.79 Å². The molecule has 1 amide bonds. The summed E-state index contributed by atoms with van der Waals surface area (Å²) in [5.41, 5.74) is 1.06. The van der Waals surface area contributed by atoms with Crippen LogP contribution >= 0.6 is 15.9 Å². The monoisotopic (exact) mass is 285 g/mol. The summed E-state index contributed by atoms with van der Waals surface area (Å²) in [4.78, 5) is 13.4. The Morgan fingerprint density at radius 2 is 2.06 bits per heavy atom. The number of likely N-dealkylation sites (tertiary alicyclic amines) is 1. The normalized spacial score (nSPS) is 20.5. The Hall–Kier alpha value is -0.900. The standard InChI is InChI=1S/C12H13BrFNO/c13-11-6-8-15(12(11)16)7-5-9-1-3-10(14)4-2-9/h1-4,11H,5-8H2/t11-/m0/s1. The van der Waals surface area contributed by atoms with Crippen molar-refractivity contribution in [2.24, 2.45) is 0 Å². The summed E-state index contributed by atoms with van der Waals surface area (Å²) in [7, 11) is 0. The van der Waals surface area contributed by atoms with Gasteiger partial charge in [0.25, 0.3) is 0 Å². The molecule has 1 fully saturated rings. The zero-order valence-electron chi connectivity index (χ0n) is 8.83. The van der Waals surface area contributed by atoms with E-state index in [0.29, 0.717) is 6.54 Å². The molecule has 1 aromatic rings. The van der Waals surface area contributed by atoms with Crippen LogP contribution in [-0.2, 0) is 11.2 Å². The maximum Gasteiger partial charge on any atom is 0.236 e. The predicted molar refractivity (Wildman–Crippen MR) is 64.0 cm³/mol. The Morgan fingerprint density at radius 1 is 1.38 bits per heavy atom. The van der Waals surface area contributed by atoms with E-state index in [0.717, 1.165) is 24.9 Å². The molecular formula is C12H13BrFNO. The third-order valence-corrected chi connectivity index (χ3v) is 3.67. The molecule has 0 N–H and O–H groups in total. The average Bonchev–Trinajstić information content (AvgIpc) is 2.60. The van der Waals surface area contributed by atoms with Crippen LogP contribution in [0.2, 0.25) is 0 Å². The second-order valence-electron chi connectivity index (χ2n) is 3.96. The minimum Gasteiger partial charge on any atom is -0.341 e. The number of benzene rings is 1. The average molecular weight is 286 g/mol. The summed E-state index contributed by atoms with van der Waals surface area (Å²) in [5, 5.41) is 0. The lowest BCUT2D eigenvalue weighted by atomic mass is 10.1. The lowest BCUT2D eigenvalue weighted by Crippen LogP contribution is -2.29. The van der Waals surface area contributed by atoms with Gasteiger partial charge in [-0.1, -0.05) is 28.1 Å². The molecule has 16 heavy (non-hydrogen) atoms. The smallest absolute Gasteiger partial charge is 0.236 e. The molecule has 0 aliphatic carbocycles. The van der Waals surface area contributed by atoms with E-state index in [2.05, 4.69) is 15.9 Å². The zero-order valence-corrected chi connectivity index (χ0v) is 10.4. The minimum atomic E-state index is -0.221. The maximum absolute atomic E-state index is 12.7. The van der Waals surface area contributed by atoms with Crippen LogP contribution in [-0.4, -0.2) is 28.7 Å². The summed E-state index contributed by atoms with van der Waals surface area (Å²) in [5.74, 6) is -0.0522. The SMILES string of the molecule is O=C1[C@@H](Br)CCN1CCc1ccc(F)cc1. The van der Waals surface area contributed by atoms with Gasteiger partial charge in [0.15, 0.2) is 0 Å². The van der Waals surface area contributed by atoms with Crippen molar-refractivity contribution in [2.75, 3.05) is 13.1 Å². The number of amides is 1. The van der Waals surface area contributed by atoms with Gasteiger partial charge in [-0.15, -0.1) is 0 Å². The van der Waals surface area contributed by atoms with Crippen molar-refractivity contribution in [1.82, 2.24) is 4.90 Å². The first-order valence-corrected chi connectivity index (χ1v) is 6.25. The fourth-order valence-corrected chi connectivity index (χ4v) is 2.33. The summed E-state index contributed by atoms with van der Waals surface area (Å²) in [6.45, 7) is 1.53. The fourth-order valence-electron chi connectivity index (χ4n) is 1.84. The number of carbonyl (C=O) groups is 1. The van der Waals surface area contributed by atoms with Crippen LogP contribution in [0.5, 0.6) is 0 Å². The van der Waals surface area contributed by atoms with Crippen molar-refractivity contribution in [3.05, 3.63) is 35.6 Å². The highest BCUT2D eigenvalue weighted by atomic mass is 79.9. The zero-order chi connectivity index (χ0) is 11.5. The third kappa shape index (κ3) is 2.61. The molecule has 1 aliphatic rings. The highest BCUT2D eigenvalue weighted by Crippen LogP contribution is 2.18. The van der Waals surface area contributed by atoms with Crippen LogP contribution in [0.3, 0.4) is 0 Å². The molecule has 2 rings (SSSR count). The molecular weight excluding hydrogens is 273 g/mol. The van der Waals surface area contributed by atoms with E-state index in [1.54, 1.807) is 12.1 Å². The summed E-state index contributed by atoms with van der Waals surface area (Å²) in [6, 6.07) is 6.44. The first kappa shape index (κ1) is 11.6. The topological polar surface area (TPSA) is 20.3 Å². The molecule has 1 aromatic carbocycles. The third-order valence-electron chi connectivity index (χ3n) is 2.82. The molecule has 4 heteroatoms. The summed E-state index contributed by atoms with van der Waals surface area (Å²) >= 11 is 3.34. The number of alkyl halides is 1. The van der Waals surface area contributed by atoms with Crippen molar-refractivity contribution in [3.63, 3.8) is 0 Å². The molecule has 1 saturated heterocycles. The molecule has 1 aliphatic heterocycles. The maximum atomic E-state index is 12.7. The Balaban J connectivity index is 1.88. The van der Waals surface area contributed by atoms with Crippen LogP contribution < -0.4 is 0 Å². The highest BCUT2D eigenvalue weighted by Gasteiger charge is 2.28. The molecule has 0 saturated carbocycles. The first-order valence-electron chi connectivity index (χ1n) is 5.34. The van der Waals surface area contributed by atoms with E-state index in [1.165, 1.54) is 12.1 Å². The highest BCUT2D eigenvalue weighted by molar-refractivity contribution is 9.10. The van der Waals surface area contributed by atoms with E-state index in [1.807, 2.05) is 4.90 Å². The van der Waals surface area contributed by atoms with Crippen LogP contribution in [0.4, 0.5) is 4.39 Å². The Kier molecular flexibility index (Phi) is 3.59. The number of nitrogens with zero attached hydrogens (tertiary/aromatic N) is 1. The molecule has 0 radical (unpaired) electrons. The fraction of sp³-hybridized carbons (Fsp3) is 0.417. The van der Waals surface area contributed by atoms with Crippen LogP contribution in [0.25, 0.3) is 0 Å². The Morgan fingerprint density at radius 3 is 2.62 bits per heavy atom. The lowest BCUT2D eigenvalue weighted by molar-refractivity contribution is -0.127. The van der Waals surface area contributed by atoms with Crippen molar-refractivity contribution < 1.29 is 9.18 Å². The second-order valence-corrected chi connectivity index (χ2v) is 5.06. The van der Waals surface area contributed by atoms with E-state index >= 15 is 0 Å².